The Hall–Kier alpha value is -0.920. The fourth-order valence-corrected chi connectivity index (χ4v) is 1.28. The van der Waals surface area contributed by atoms with E-state index in [4.69, 9.17) is 9.88 Å². The van der Waals surface area contributed by atoms with Crippen LogP contribution in [0.3, 0.4) is 0 Å². The van der Waals surface area contributed by atoms with Gasteiger partial charge in [-0.3, -0.25) is 0 Å². The summed E-state index contributed by atoms with van der Waals surface area (Å²) >= 11 is 0. The molecule has 0 aliphatic rings. The van der Waals surface area contributed by atoms with E-state index in [1.54, 1.807) is 11.7 Å². The highest BCUT2D eigenvalue weighted by atomic mass is 32.2. The molecule has 0 atom stereocenters. The molecule has 0 saturated carbocycles. The van der Waals surface area contributed by atoms with Gasteiger partial charge in [0, 0.05) is 19.9 Å². The second-order valence-electron chi connectivity index (χ2n) is 2.49. The van der Waals surface area contributed by atoms with Gasteiger partial charge in [0.25, 0.3) is 10.0 Å². The van der Waals surface area contributed by atoms with Gasteiger partial charge in [-0.15, -0.1) is 0 Å². The lowest BCUT2D eigenvalue weighted by molar-refractivity contribution is 0.187. The number of nitrogens with two attached hydrogens (primary N) is 1. The number of ether oxygens (including phenoxy) is 1. The molecule has 1 aromatic rings. The second-order valence-corrected chi connectivity index (χ2v) is 4.00. The summed E-state index contributed by atoms with van der Waals surface area (Å²) in [6, 6.07) is 0. The molecule has 0 spiro atoms. The van der Waals surface area contributed by atoms with Crippen molar-refractivity contribution >= 4 is 10.0 Å². The van der Waals surface area contributed by atoms with E-state index in [2.05, 4.69) is 4.98 Å². The first-order valence-corrected chi connectivity index (χ1v) is 5.12. The maximum atomic E-state index is 10.8. The molecule has 0 amide bonds. The third-order valence-corrected chi connectivity index (χ3v) is 2.25. The van der Waals surface area contributed by atoms with Crippen LogP contribution in [0.4, 0.5) is 0 Å². The van der Waals surface area contributed by atoms with Crippen molar-refractivity contribution < 1.29 is 13.2 Å². The third-order valence-electron chi connectivity index (χ3n) is 1.45. The summed E-state index contributed by atoms with van der Waals surface area (Å²) in [4.78, 5) is 3.63. The Morgan fingerprint density at radius 1 is 1.69 bits per heavy atom. The number of sulfonamides is 1. The maximum Gasteiger partial charge on any atom is 0.257 e. The molecule has 0 aromatic carbocycles. The lowest BCUT2D eigenvalue weighted by atomic mass is 10.7. The minimum absolute atomic E-state index is 0.122. The number of nitrogens with zero attached hydrogens (tertiary/aromatic N) is 2. The predicted octanol–water partition coefficient (Wildman–Crippen LogP) is -0.823. The molecule has 74 valence electrons. The van der Waals surface area contributed by atoms with E-state index in [-0.39, 0.29) is 5.03 Å². The summed E-state index contributed by atoms with van der Waals surface area (Å²) < 4.78 is 28.0. The Kier molecular flexibility index (Phi) is 3.02. The Labute approximate surface area is 76.4 Å². The molecule has 0 bridgehead atoms. The Morgan fingerprint density at radius 2 is 2.38 bits per heavy atom. The molecule has 0 aliphatic heterocycles. The Balaban J connectivity index is 2.76. The molecular formula is C6H11N3O3S. The number of hydrogen-bond donors (Lipinski definition) is 1. The molecule has 0 unspecified atom stereocenters. The van der Waals surface area contributed by atoms with Gasteiger partial charge in [0.2, 0.25) is 0 Å². The van der Waals surface area contributed by atoms with Crippen molar-refractivity contribution in [2.24, 2.45) is 5.14 Å². The van der Waals surface area contributed by atoms with Crippen molar-refractivity contribution in [1.29, 1.82) is 0 Å². The van der Waals surface area contributed by atoms with Crippen LogP contribution < -0.4 is 5.14 Å². The van der Waals surface area contributed by atoms with Gasteiger partial charge in [-0.05, 0) is 0 Å². The van der Waals surface area contributed by atoms with Gasteiger partial charge in [-0.2, -0.15) is 0 Å². The lowest BCUT2D eigenvalue weighted by Crippen LogP contribution is -2.12. The first kappa shape index (κ1) is 10.2. The molecule has 2 N–H and O–H groups in total. The zero-order chi connectivity index (χ0) is 9.90. The van der Waals surface area contributed by atoms with E-state index < -0.39 is 10.0 Å². The SMILES string of the molecule is COCCn1cnc(S(N)(=O)=O)c1. The smallest absolute Gasteiger partial charge is 0.257 e. The minimum Gasteiger partial charge on any atom is -0.383 e. The third kappa shape index (κ3) is 2.79. The van der Waals surface area contributed by atoms with Crippen LogP contribution >= 0.6 is 0 Å². The highest BCUT2D eigenvalue weighted by Gasteiger charge is 2.10. The predicted molar refractivity (Wildman–Crippen MR) is 45.5 cm³/mol. The van der Waals surface area contributed by atoms with Crippen molar-refractivity contribution in [3.8, 4) is 0 Å². The average molecular weight is 205 g/mol. The van der Waals surface area contributed by atoms with Crippen molar-refractivity contribution in [3.63, 3.8) is 0 Å². The Bertz CT molecular complexity index is 370. The largest absolute Gasteiger partial charge is 0.383 e. The van der Waals surface area contributed by atoms with E-state index in [0.717, 1.165) is 0 Å². The number of primary sulfonamides is 1. The molecule has 0 aliphatic carbocycles. The van der Waals surface area contributed by atoms with Crippen LogP contribution in [0.25, 0.3) is 0 Å². The fourth-order valence-electron chi connectivity index (χ4n) is 0.805. The quantitative estimate of drug-likeness (QED) is 0.695. The maximum absolute atomic E-state index is 10.8. The van der Waals surface area contributed by atoms with Gasteiger partial charge in [0.1, 0.15) is 0 Å². The molecule has 0 saturated heterocycles. The van der Waals surface area contributed by atoms with Gasteiger partial charge in [-0.1, -0.05) is 0 Å². The number of rotatable bonds is 4. The summed E-state index contributed by atoms with van der Waals surface area (Å²) in [7, 11) is -2.11. The summed E-state index contributed by atoms with van der Waals surface area (Å²) in [6.45, 7) is 1.05. The first-order chi connectivity index (χ1) is 6.04. The fraction of sp³-hybridized carbons (Fsp3) is 0.500. The van der Waals surface area contributed by atoms with E-state index >= 15 is 0 Å². The average Bonchev–Trinajstić information content (AvgIpc) is 2.47. The lowest BCUT2D eigenvalue weighted by Gasteiger charge is -1.98. The van der Waals surface area contributed by atoms with Crippen molar-refractivity contribution in [2.45, 2.75) is 11.6 Å². The standard InChI is InChI=1S/C6H11N3O3S/c1-12-3-2-9-4-6(8-5-9)13(7,10)11/h4-5H,2-3H2,1H3,(H2,7,10,11). The molecule has 0 fully saturated rings. The monoisotopic (exact) mass is 205 g/mol. The molecule has 1 rings (SSSR count). The van der Waals surface area contributed by atoms with Crippen LogP contribution in [0.15, 0.2) is 17.6 Å². The van der Waals surface area contributed by atoms with E-state index in [0.29, 0.717) is 13.2 Å². The summed E-state index contributed by atoms with van der Waals surface area (Å²) in [5.74, 6) is 0. The first-order valence-electron chi connectivity index (χ1n) is 3.57. The molecule has 13 heavy (non-hydrogen) atoms. The number of imidazole rings is 1. The van der Waals surface area contributed by atoms with E-state index in [9.17, 15) is 8.42 Å². The van der Waals surface area contributed by atoms with Crippen LogP contribution in [0, 0.1) is 0 Å². The van der Waals surface area contributed by atoms with E-state index in [1.807, 2.05) is 0 Å². The van der Waals surface area contributed by atoms with Crippen LogP contribution in [-0.2, 0) is 21.3 Å². The number of hydrogen-bond acceptors (Lipinski definition) is 4. The highest BCUT2D eigenvalue weighted by Crippen LogP contribution is 2.01. The molecular weight excluding hydrogens is 194 g/mol. The highest BCUT2D eigenvalue weighted by molar-refractivity contribution is 7.89. The minimum atomic E-state index is -3.68. The molecule has 1 heterocycles. The summed E-state index contributed by atoms with van der Waals surface area (Å²) in [5, 5.41) is 4.74. The molecule has 0 radical (unpaired) electrons. The van der Waals surface area contributed by atoms with Gasteiger partial charge < -0.3 is 9.30 Å². The van der Waals surface area contributed by atoms with Crippen molar-refractivity contribution in [2.75, 3.05) is 13.7 Å². The second kappa shape index (κ2) is 3.86. The van der Waals surface area contributed by atoms with E-state index in [1.165, 1.54) is 12.5 Å². The number of methoxy groups -OCH3 is 1. The summed E-state index contributed by atoms with van der Waals surface area (Å²) in [5.41, 5.74) is 0. The van der Waals surface area contributed by atoms with Crippen LogP contribution in [0.2, 0.25) is 0 Å². The van der Waals surface area contributed by atoms with Gasteiger partial charge in [0.05, 0.1) is 12.9 Å². The summed E-state index contributed by atoms with van der Waals surface area (Å²) in [6.07, 6.45) is 2.77. The normalized spacial score (nSPS) is 11.8. The van der Waals surface area contributed by atoms with Crippen molar-refractivity contribution in [3.05, 3.63) is 12.5 Å². The molecule has 6 nitrogen and oxygen atoms in total. The number of aromatic nitrogens is 2. The molecule has 7 heteroatoms. The van der Waals surface area contributed by atoms with Gasteiger partial charge >= 0.3 is 0 Å². The van der Waals surface area contributed by atoms with Gasteiger partial charge in [0.15, 0.2) is 5.03 Å². The van der Waals surface area contributed by atoms with Gasteiger partial charge in [-0.25, -0.2) is 18.5 Å². The molecule has 1 aromatic heterocycles. The zero-order valence-electron chi connectivity index (χ0n) is 7.17. The zero-order valence-corrected chi connectivity index (χ0v) is 7.99. The van der Waals surface area contributed by atoms with Crippen LogP contribution in [0.5, 0.6) is 0 Å². The van der Waals surface area contributed by atoms with Crippen molar-refractivity contribution in [1.82, 2.24) is 9.55 Å². The topological polar surface area (TPSA) is 87.2 Å². The van der Waals surface area contributed by atoms with Crippen LogP contribution in [-0.4, -0.2) is 31.7 Å². The van der Waals surface area contributed by atoms with Crippen LogP contribution in [0.1, 0.15) is 0 Å². The Morgan fingerprint density at radius 3 is 2.85 bits per heavy atom.